The molecule has 0 saturated carbocycles. The highest BCUT2D eigenvalue weighted by atomic mass is 35.5. The van der Waals surface area contributed by atoms with E-state index in [2.05, 4.69) is 20.3 Å². The first-order valence-corrected chi connectivity index (χ1v) is 6.36. The molecule has 0 spiro atoms. The maximum Gasteiger partial charge on any atom is 0.180 e. The van der Waals surface area contributed by atoms with Crippen molar-refractivity contribution in [1.29, 1.82) is 0 Å². The van der Waals surface area contributed by atoms with Crippen LogP contribution in [-0.4, -0.2) is 22.0 Å². The van der Waals surface area contributed by atoms with Gasteiger partial charge in [-0.05, 0) is 42.8 Å². The summed E-state index contributed by atoms with van der Waals surface area (Å²) in [6.07, 6.45) is 0. The molecular weight excluding hydrogens is 260 g/mol. The van der Waals surface area contributed by atoms with Crippen molar-refractivity contribution in [1.82, 2.24) is 15.0 Å². The summed E-state index contributed by atoms with van der Waals surface area (Å²) >= 11 is 5.97. The molecule has 5 heteroatoms. The van der Waals surface area contributed by atoms with E-state index in [0.717, 1.165) is 33.3 Å². The molecule has 3 rings (SSSR count). The Morgan fingerprint density at radius 1 is 1.16 bits per heavy atom. The Labute approximate surface area is 115 Å². The number of benzene rings is 1. The average Bonchev–Trinajstić information content (AvgIpc) is 2.80. The van der Waals surface area contributed by atoms with Crippen molar-refractivity contribution in [3.63, 3.8) is 0 Å². The van der Waals surface area contributed by atoms with E-state index in [1.165, 1.54) is 0 Å². The monoisotopic (exact) mass is 272 g/mol. The molecule has 0 aliphatic carbocycles. The molecule has 0 atom stereocenters. The molecule has 2 aromatic heterocycles. The van der Waals surface area contributed by atoms with Gasteiger partial charge in [-0.15, -0.1) is 0 Å². The smallest absolute Gasteiger partial charge is 0.180 e. The largest absolute Gasteiger partial charge is 0.373 e. The maximum atomic E-state index is 5.97. The summed E-state index contributed by atoms with van der Waals surface area (Å²) in [6, 6.07) is 9.64. The number of aryl methyl sites for hydroxylation is 1. The van der Waals surface area contributed by atoms with Gasteiger partial charge in [0.2, 0.25) is 0 Å². The number of pyridine rings is 1. The molecule has 0 bridgehead atoms. The summed E-state index contributed by atoms with van der Waals surface area (Å²) in [5.41, 5.74) is 3.74. The minimum atomic E-state index is 0.705. The number of aromatic amines is 1. The Bertz CT molecular complexity index is 748. The van der Waals surface area contributed by atoms with E-state index < -0.39 is 0 Å². The Balaban J connectivity index is 2.14. The van der Waals surface area contributed by atoms with Gasteiger partial charge in [0.25, 0.3) is 0 Å². The fourth-order valence-electron chi connectivity index (χ4n) is 2.05. The minimum Gasteiger partial charge on any atom is -0.373 e. The Hall–Kier alpha value is -2.07. The number of fused-ring (bicyclic) bond motifs is 1. The van der Waals surface area contributed by atoms with Crippen molar-refractivity contribution in [2.45, 2.75) is 6.92 Å². The lowest BCUT2D eigenvalue weighted by atomic mass is 10.1. The van der Waals surface area contributed by atoms with Crippen LogP contribution in [0, 0.1) is 6.92 Å². The van der Waals surface area contributed by atoms with Crippen molar-refractivity contribution < 1.29 is 0 Å². The third-order valence-electron chi connectivity index (χ3n) is 3.05. The minimum absolute atomic E-state index is 0.705. The van der Waals surface area contributed by atoms with Crippen molar-refractivity contribution in [3.05, 3.63) is 40.9 Å². The van der Waals surface area contributed by atoms with Crippen LogP contribution in [0.3, 0.4) is 0 Å². The highest BCUT2D eigenvalue weighted by Crippen LogP contribution is 2.25. The number of imidazole rings is 1. The maximum absolute atomic E-state index is 5.97. The number of anilines is 1. The number of nitrogens with zero attached hydrogens (tertiary/aromatic N) is 2. The molecule has 0 saturated heterocycles. The van der Waals surface area contributed by atoms with Gasteiger partial charge in [0.1, 0.15) is 11.6 Å². The summed E-state index contributed by atoms with van der Waals surface area (Å²) in [6.45, 7) is 2.01. The molecule has 0 aliphatic heterocycles. The topological polar surface area (TPSA) is 53.6 Å². The zero-order chi connectivity index (χ0) is 13.4. The second-order valence-electron chi connectivity index (χ2n) is 4.36. The summed E-state index contributed by atoms with van der Waals surface area (Å²) in [5, 5.41) is 3.73. The SMILES string of the molecule is CNc1ccc2[nH]c(-c3ccc(Cl)cc3C)nc2n1. The van der Waals surface area contributed by atoms with Crippen LogP contribution < -0.4 is 5.32 Å². The van der Waals surface area contributed by atoms with Gasteiger partial charge in [-0.2, -0.15) is 0 Å². The van der Waals surface area contributed by atoms with Gasteiger partial charge in [0, 0.05) is 17.6 Å². The van der Waals surface area contributed by atoms with E-state index in [4.69, 9.17) is 11.6 Å². The predicted molar refractivity (Wildman–Crippen MR) is 78.6 cm³/mol. The number of halogens is 1. The number of H-pyrrole nitrogens is 1. The fourth-order valence-corrected chi connectivity index (χ4v) is 2.28. The van der Waals surface area contributed by atoms with Crippen molar-refractivity contribution in [2.24, 2.45) is 0 Å². The lowest BCUT2D eigenvalue weighted by molar-refractivity contribution is 1.27. The zero-order valence-corrected chi connectivity index (χ0v) is 11.4. The highest BCUT2D eigenvalue weighted by Gasteiger charge is 2.09. The van der Waals surface area contributed by atoms with Crippen LogP contribution in [-0.2, 0) is 0 Å². The van der Waals surface area contributed by atoms with Crippen LogP contribution in [0.25, 0.3) is 22.6 Å². The Morgan fingerprint density at radius 3 is 2.74 bits per heavy atom. The van der Waals surface area contributed by atoms with Gasteiger partial charge in [-0.3, -0.25) is 0 Å². The van der Waals surface area contributed by atoms with Crippen molar-refractivity contribution in [2.75, 3.05) is 12.4 Å². The van der Waals surface area contributed by atoms with Crippen molar-refractivity contribution >= 4 is 28.6 Å². The number of hydrogen-bond donors (Lipinski definition) is 2. The lowest BCUT2D eigenvalue weighted by Gasteiger charge is -2.02. The molecule has 19 heavy (non-hydrogen) atoms. The second kappa shape index (κ2) is 4.55. The van der Waals surface area contributed by atoms with Crippen LogP contribution >= 0.6 is 11.6 Å². The van der Waals surface area contributed by atoms with E-state index in [0.29, 0.717) is 5.65 Å². The first-order chi connectivity index (χ1) is 9.17. The summed E-state index contributed by atoms with van der Waals surface area (Å²) < 4.78 is 0. The van der Waals surface area contributed by atoms with Crippen LogP contribution in [0.4, 0.5) is 5.82 Å². The third-order valence-corrected chi connectivity index (χ3v) is 3.28. The number of rotatable bonds is 2. The predicted octanol–water partition coefficient (Wildman–Crippen LogP) is 3.63. The van der Waals surface area contributed by atoms with Gasteiger partial charge in [-0.25, -0.2) is 9.97 Å². The normalized spacial score (nSPS) is 10.9. The van der Waals surface area contributed by atoms with E-state index in [-0.39, 0.29) is 0 Å². The number of nitrogens with one attached hydrogen (secondary N) is 2. The number of hydrogen-bond acceptors (Lipinski definition) is 3. The summed E-state index contributed by atoms with van der Waals surface area (Å²) in [7, 11) is 1.84. The average molecular weight is 273 g/mol. The molecule has 1 aromatic carbocycles. The van der Waals surface area contributed by atoms with Crippen LogP contribution in [0.5, 0.6) is 0 Å². The standard InChI is InChI=1S/C14H13ClN4/c1-8-7-9(15)3-4-10(8)13-17-11-5-6-12(16-2)18-14(11)19-13/h3-7H,1-2H3,(H2,16,17,18,19). The first-order valence-electron chi connectivity index (χ1n) is 5.98. The van der Waals surface area contributed by atoms with Gasteiger partial charge in [0.05, 0.1) is 5.52 Å². The Morgan fingerprint density at radius 2 is 2.00 bits per heavy atom. The van der Waals surface area contributed by atoms with Gasteiger partial charge >= 0.3 is 0 Å². The lowest BCUT2D eigenvalue weighted by Crippen LogP contribution is -1.91. The van der Waals surface area contributed by atoms with Crippen molar-refractivity contribution in [3.8, 4) is 11.4 Å². The third kappa shape index (κ3) is 2.15. The van der Waals surface area contributed by atoms with E-state index in [9.17, 15) is 0 Å². The van der Waals surface area contributed by atoms with Gasteiger partial charge < -0.3 is 10.3 Å². The highest BCUT2D eigenvalue weighted by molar-refractivity contribution is 6.30. The molecule has 4 nitrogen and oxygen atoms in total. The molecule has 0 unspecified atom stereocenters. The van der Waals surface area contributed by atoms with Gasteiger partial charge in [0.15, 0.2) is 5.65 Å². The fraction of sp³-hybridized carbons (Fsp3) is 0.143. The molecule has 3 aromatic rings. The van der Waals surface area contributed by atoms with Crippen LogP contribution in [0.2, 0.25) is 5.02 Å². The Kier molecular flexibility index (Phi) is 2.87. The molecule has 0 radical (unpaired) electrons. The molecule has 96 valence electrons. The van der Waals surface area contributed by atoms with E-state index >= 15 is 0 Å². The molecule has 0 aliphatic rings. The number of aromatic nitrogens is 3. The quantitative estimate of drug-likeness (QED) is 0.749. The van der Waals surface area contributed by atoms with Crippen LogP contribution in [0.15, 0.2) is 30.3 Å². The molecule has 0 amide bonds. The summed E-state index contributed by atoms with van der Waals surface area (Å²) in [4.78, 5) is 12.2. The molecular formula is C14H13ClN4. The molecule has 2 N–H and O–H groups in total. The summed E-state index contributed by atoms with van der Waals surface area (Å²) in [5.74, 6) is 1.61. The van der Waals surface area contributed by atoms with Crippen LogP contribution in [0.1, 0.15) is 5.56 Å². The second-order valence-corrected chi connectivity index (χ2v) is 4.80. The van der Waals surface area contributed by atoms with E-state index in [1.807, 2.05) is 44.3 Å². The van der Waals surface area contributed by atoms with Gasteiger partial charge in [-0.1, -0.05) is 11.6 Å². The molecule has 0 fully saturated rings. The van der Waals surface area contributed by atoms with E-state index in [1.54, 1.807) is 0 Å². The zero-order valence-electron chi connectivity index (χ0n) is 10.7. The first kappa shape index (κ1) is 12.0. The molecule has 2 heterocycles.